The van der Waals surface area contributed by atoms with Crippen molar-refractivity contribution in [3.05, 3.63) is 72.2 Å². The molecule has 0 atom stereocenters. The van der Waals surface area contributed by atoms with Crippen molar-refractivity contribution in [2.45, 2.75) is 30.0 Å². The predicted molar refractivity (Wildman–Crippen MR) is 131 cm³/mol. The monoisotopic (exact) mass is 526 g/mol. The molecule has 0 bridgehead atoms. The third kappa shape index (κ3) is 5.00. The lowest BCUT2D eigenvalue weighted by Crippen LogP contribution is -2.42. The highest BCUT2D eigenvalue weighted by Crippen LogP contribution is 2.30. The lowest BCUT2D eigenvalue weighted by molar-refractivity contribution is -0.137. The number of halogens is 3. The molecule has 4 aromatic rings. The SMILES string of the molecule is N#Cc1c[nH]c2ncc(-c3ccc(S(=O)(=O)N4CCC(Nc5ccc(C(F)(F)F)cn5)CC4)cc3)cc12. The van der Waals surface area contributed by atoms with Gasteiger partial charge in [-0.2, -0.15) is 22.7 Å². The normalized spacial score (nSPS) is 15.5. The van der Waals surface area contributed by atoms with Crippen LogP contribution in [0.2, 0.25) is 0 Å². The van der Waals surface area contributed by atoms with Crippen LogP contribution in [0.15, 0.2) is 66.0 Å². The molecule has 4 heterocycles. The third-order valence-corrected chi connectivity index (χ3v) is 8.29. The van der Waals surface area contributed by atoms with Gasteiger partial charge in [-0.15, -0.1) is 0 Å². The molecule has 0 radical (unpaired) electrons. The predicted octanol–water partition coefficient (Wildman–Crippen LogP) is 4.78. The van der Waals surface area contributed by atoms with E-state index in [0.29, 0.717) is 35.3 Å². The largest absolute Gasteiger partial charge is 0.417 e. The van der Waals surface area contributed by atoms with E-state index in [1.807, 2.05) is 6.07 Å². The number of pyridine rings is 2. The molecule has 0 unspecified atom stereocenters. The summed E-state index contributed by atoms with van der Waals surface area (Å²) >= 11 is 0. The summed E-state index contributed by atoms with van der Waals surface area (Å²) in [5, 5.41) is 13.0. The number of benzene rings is 1. The molecule has 0 aliphatic carbocycles. The summed E-state index contributed by atoms with van der Waals surface area (Å²) in [6.45, 7) is 0.542. The van der Waals surface area contributed by atoms with Gasteiger partial charge in [0, 0.05) is 48.7 Å². The molecule has 8 nitrogen and oxygen atoms in total. The maximum absolute atomic E-state index is 13.2. The molecule has 0 amide bonds. The maximum atomic E-state index is 13.2. The second kappa shape index (κ2) is 9.49. The Morgan fingerprint density at radius 2 is 1.76 bits per heavy atom. The minimum absolute atomic E-state index is 0.104. The van der Waals surface area contributed by atoms with Gasteiger partial charge in [-0.1, -0.05) is 12.1 Å². The number of nitriles is 1. The zero-order valence-electron chi connectivity index (χ0n) is 19.3. The van der Waals surface area contributed by atoms with E-state index in [1.165, 1.54) is 10.4 Å². The third-order valence-electron chi connectivity index (χ3n) is 6.37. The zero-order chi connectivity index (χ0) is 26.2. The molecule has 37 heavy (non-hydrogen) atoms. The number of sulfonamides is 1. The van der Waals surface area contributed by atoms with Crippen molar-refractivity contribution < 1.29 is 21.6 Å². The number of piperidine rings is 1. The summed E-state index contributed by atoms with van der Waals surface area (Å²) in [5.41, 5.74) is 1.79. The number of hydrogen-bond donors (Lipinski definition) is 2. The molecule has 12 heteroatoms. The van der Waals surface area contributed by atoms with E-state index in [-0.39, 0.29) is 24.0 Å². The van der Waals surface area contributed by atoms with Gasteiger partial charge in [0.2, 0.25) is 10.0 Å². The van der Waals surface area contributed by atoms with E-state index in [2.05, 4.69) is 26.3 Å². The first-order chi connectivity index (χ1) is 17.6. The van der Waals surface area contributed by atoms with Crippen LogP contribution in [0.25, 0.3) is 22.2 Å². The average Bonchev–Trinajstić information content (AvgIpc) is 3.31. The molecule has 5 rings (SSSR count). The van der Waals surface area contributed by atoms with Crippen LogP contribution in [-0.4, -0.2) is 46.8 Å². The minimum atomic E-state index is -4.45. The first kappa shape index (κ1) is 24.7. The number of alkyl halides is 3. The Morgan fingerprint density at radius 1 is 1.03 bits per heavy atom. The molecule has 2 N–H and O–H groups in total. The van der Waals surface area contributed by atoms with Gasteiger partial charge in [0.05, 0.1) is 16.0 Å². The molecule has 1 fully saturated rings. The highest BCUT2D eigenvalue weighted by Gasteiger charge is 2.32. The van der Waals surface area contributed by atoms with Crippen LogP contribution in [0, 0.1) is 11.3 Å². The lowest BCUT2D eigenvalue weighted by atomic mass is 10.1. The number of nitrogens with one attached hydrogen (secondary N) is 2. The molecule has 0 spiro atoms. The molecule has 190 valence electrons. The number of aromatic amines is 1. The maximum Gasteiger partial charge on any atom is 0.417 e. The minimum Gasteiger partial charge on any atom is -0.367 e. The lowest BCUT2D eigenvalue weighted by Gasteiger charge is -2.32. The first-order valence-corrected chi connectivity index (χ1v) is 12.9. The molecule has 3 aromatic heterocycles. The topological polar surface area (TPSA) is 115 Å². The Balaban J connectivity index is 1.24. The standard InChI is InChI=1S/C25H21F3N6O2S/c26-25(27,28)19-3-6-23(30-15-19)33-20-7-9-34(10-8-20)37(35,36)21-4-1-16(2-5-21)17-11-22-18(12-29)14-32-24(22)31-13-17/h1-6,11,13-15,20H,7-10H2,(H,30,33)(H,31,32). The van der Waals surface area contributed by atoms with Crippen molar-refractivity contribution in [2.24, 2.45) is 0 Å². The Kier molecular flexibility index (Phi) is 6.35. The number of hydrogen-bond acceptors (Lipinski definition) is 6. The second-order valence-corrected chi connectivity index (χ2v) is 10.6. The van der Waals surface area contributed by atoms with Crippen LogP contribution in [0.3, 0.4) is 0 Å². The van der Waals surface area contributed by atoms with Crippen molar-refractivity contribution in [1.82, 2.24) is 19.3 Å². The quantitative estimate of drug-likeness (QED) is 0.387. The van der Waals surface area contributed by atoms with E-state index in [1.54, 1.807) is 36.7 Å². The van der Waals surface area contributed by atoms with Crippen molar-refractivity contribution in [3.63, 3.8) is 0 Å². The van der Waals surface area contributed by atoms with Crippen LogP contribution in [-0.2, 0) is 16.2 Å². The number of anilines is 1. The zero-order valence-corrected chi connectivity index (χ0v) is 20.1. The van der Waals surface area contributed by atoms with Crippen molar-refractivity contribution in [1.29, 1.82) is 5.26 Å². The smallest absolute Gasteiger partial charge is 0.367 e. The summed E-state index contributed by atoms with van der Waals surface area (Å²) in [4.78, 5) is 11.3. The summed E-state index contributed by atoms with van der Waals surface area (Å²) in [5.74, 6) is 0.319. The number of aromatic nitrogens is 3. The van der Waals surface area contributed by atoms with E-state index in [9.17, 15) is 26.9 Å². The number of fused-ring (bicyclic) bond motifs is 1. The molecule has 1 aromatic carbocycles. The molecule has 1 saturated heterocycles. The van der Waals surface area contributed by atoms with Crippen LogP contribution < -0.4 is 5.32 Å². The van der Waals surface area contributed by atoms with E-state index in [0.717, 1.165) is 23.4 Å². The fraction of sp³-hybridized carbons (Fsp3) is 0.240. The van der Waals surface area contributed by atoms with Crippen molar-refractivity contribution in [2.75, 3.05) is 18.4 Å². The van der Waals surface area contributed by atoms with Crippen LogP contribution in [0.5, 0.6) is 0 Å². The van der Waals surface area contributed by atoms with E-state index >= 15 is 0 Å². The van der Waals surface area contributed by atoms with Gasteiger partial charge in [-0.05, 0) is 48.7 Å². The average molecular weight is 527 g/mol. The molecule has 1 aliphatic heterocycles. The van der Waals surface area contributed by atoms with Gasteiger partial charge >= 0.3 is 6.18 Å². The van der Waals surface area contributed by atoms with Crippen LogP contribution in [0.4, 0.5) is 19.0 Å². The fourth-order valence-corrected chi connectivity index (χ4v) is 5.79. The summed E-state index contributed by atoms with van der Waals surface area (Å²) in [7, 11) is -3.71. The van der Waals surface area contributed by atoms with E-state index < -0.39 is 21.8 Å². The number of nitrogens with zero attached hydrogens (tertiary/aromatic N) is 4. The summed E-state index contributed by atoms with van der Waals surface area (Å²) < 4.78 is 65.9. The van der Waals surface area contributed by atoms with Gasteiger partial charge < -0.3 is 10.3 Å². The molecule has 1 aliphatic rings. The number of H-pyrrole nitrogens is 1. The fourth-order valence-electron chi connectivity index (χ4n) is 4.32. The van der Waals surface area contributed by atoms with Gasteiger partial charge in [-0.25, -0.2) is 18.4 Å². The highest BCUT2D eigenvalue weighted by atomic mass is 32.2. The second-order valence-electron chi connectivity index (χ2n) is 8.71. The van der Waals surface area contributed by atoms with Crippen LogP contribution >= 0.6 is 0 Å². The number of rotatable bonds is 5. The molecular formula is C25H21F3N6O2S. The van der Waals surface area contributed by atoms with Gasteiger partial charge in [-0.3, -0.25) is 0 Å². The first-order valence-electron chi connectivity index (χ1n) is 11.4. The van der Waals surface area contributed by atoms with Crippen LogP contribution in [0.1, 0.15) is 24.0 Å². The summed E-state index contributed by atoms with van der Waals surface area (Å²) in [6.07, 6.45) is 0.563. The van der Waals surface area contributed by atoms with Gasteiger partial charge in [0.1, 0.15) is 17.5 Å². The van der Waals surface area contributed by atoms with Gasteiger partial charge in [0.15, 0.2) is 0 Å². The Bertz CT molecular complexity index is 1570. The molecular weight excluding hydrogens is 505 g/mol. The Hall–Kier alpha value is -3.95. The van der Waals surface area contributed by atoms with E-state index in [4.69, 9.17) is 0 Å². The van der Waals surface area contributed by atoms with Crippen molar-refractivity contribution in [3.8, 4) is 17.2 Å². The van der Waals surface area contributed by atoms with Crippen molar-refractivity contribution >= 4 is 26.9 Å². The Morgan fingerprint density at radius 3 is 2.38 bits per heavy atom. The van der Waals surface area contributed by atoms with Gasteiger partial charge in [0.25, 0.3) is 0 Å². The summed E-state index contributed by atoms with van der Waals surface area (Å²) in [6, 6.07) is 12.6. The highest BCUT2D eigenvalue weighted by molar-refractivity contribution is 7.89. The molecule has 0 saturated carbocycles. The Labute approximate surface area is 210 Å².